The molecule has 0 aliphatic carbocycles. The first kappa shape index (κ1) is 44.7. The number of benzene rings is 2. The van der Waals surface area contributed by atoms with Crippen LogP contribution in [0.1, 0.15) is 66.9 Å². The Hall–Kier alpha value is -6.98. The molecule has 0 bridgehead atoms. The van der Waals surface area contributed by atoms with E-state index in [9.17, 15) is 29.3 Å². The molecule has 6 N–H and O–H groups in total. The van der Waals surface area contributed by atoms with Crippen molar-refractivity contribution in [1.29, 1.82) is 0 Å². The molecule has 2 saturated heterocycles. The van der Waals surface area contributed by atoms with Crippen LogP contribution in [0, 0.1) is 10.1 Å². The lowest BCUT2D eigenvalue weighted by Gasteiger charge is -2.15. The van der Waals surface area contributed by atoms with Crippen molar-refractivity contribution in [3.8, 4) is 23.0 Å². The van der Waals surface area contributed by atoms with E-state index < -0.39 is 4.92 Å². The van der Waals surface area contributed by atoms with Crippen LogP contribution in [0.3, 0.4) is 0 Å². The first-order chi connectivity index (χ1) is 28.0. The van der Waals surface area contributed by atoms with Crippen LogP contribution in [0.4, 0.5) is 22.7 Å². The van der Waals surface area contributed by atoms with Gasteiger partial charge in [0.1, 0.15) is 40.1 Å². The maximum atomic E-state index is 12.3. The number of likely N-dealkylation sites (tertiary alicyclic amines) is 2. The number of aromatic nitrogens is 2. The monoisotopic (exact) mass is 812 g/mol. The van der Waals surface area contributed by atoms with Gasteiger partial charge in [-0.15, -0.1) is 0 Å². The van der Waals surface area contributed by atoms with Gasteiger partial charge in [-0.05, 0) is 62.1 Å². The number of ether oxygens (including phenoxy) is 2. The maximum absolute atomic E-state index is 12.3. The number of hydrogen-bond donors (Lipinski definition) is 5. The average Bonchev–Trinajstić information content (AvgIpc) is 3.84. The molecule has 4 amide bonds. The zero-order valence-electron chi connectivity index (χ0n) is 32.5. The SMILES string of the molecule is C.CNc1ccc(Oc2ccnc(C(=O)NCCCN3CCCC3=O)c2)cc1N.CNc1ccc(Oc2ccnc(C(=O)NCCCN3CCCC3=O)c2)cc1[N+](=O)[O-]. The molecule has 6 rings (SSSR count). The Kier molecular flexibility index (Phi) is 16.7. The van der Waals surface area contributed by atoms with Gasteiger partial charge in [-0.25, -0.2) is 0 Å². The number of nitro benzene ring substituents is 1. The molecule has 0 atom stereocenters. The van der Waals surface area contributed by atoms with Gasteiger partial charge < -0.3 is 46.3 Å². The van der Waals surface area contributed by atoms with Gasteiger partial charge in [0.05, 0.1) is 22.4 Å². The molecule has 0 unspecified atom stereocenters. The van der Waals surface area contributed by atoms with E-state index in [1.54, 1.807) is 61.5 Å². The molecule has 4 aromatic rings. The third-order valence-corrected chi connectivity index (χ3v) is 9.25. The van der Waals surface area contributed by atoms with Crippen molar-refractivity contribution in [2.24, 2.45) is 0 Å². The second-order valence-corrected chi connectivity index (χ2v) is 13.3. The van der Waals surface area contributed by atoms with Crippen molar-refractivity contribution < 1.29 is 33.6 Å². The van der Waals surface area contributed by atoms with Crippen molar-refractivity contribution in [1.82, 2.24) is 30.4 Å². The van der Waals surface area contributed by atoms with E-state index in [4.69, 9.17) is 15.2 Å². The number of nitrogens with one attached hydrogen (secondary N) is 4. The van der Waals surface area contributed by atoms with E-state index in [2.05, 4.69) is 31.2 Å². The minimum Gasteiger partial charge on any atom is -0.457 e. The van der Waals surface area contributed by atoms with Crippen LogP contribution in [0.2, 0.25) is 0 Å². The van der Waals surface area contributed by atoms with E-state index in [-0.39, 0.29) is 53.9 Å². The predicted molar refractivity (Wildman–Crippen MR) is 224 cm³/mol. The summed E-state index contributed by atoms with van der Waals surface area (Å²) in [5, 5.41) is 22.5. The van der Waals surface area contributed by atoms with E-state index in [1.807, 2.05) is 11.0 Å². The van der Waals surface area contributed by atoms with Gasteiger partial charge >= 0.3 is 0 Å². The number of nitro groups is 1. The van der Waals surface area contributed by atoms with Crippen molar-refractivity contribution in [2.45, 2.75) is 46.0 Å². The number of amides is 4. The molecule has 0 radical (unpaired) electrons. The third-order valence-electron chi connectivity index (χ3n) is 9.25. The molecule has 18 nitrogen and oxygen atoms in total. The number of rotatable bonds is 17. The standard InChI is InChI=1S/C20H23N5O5.C20H25N5O3.CH4/c1-21-16-6-5-14(13-18(16)25(28)29)30-15-7-9-22-17(12-15)20(27)23-8-3-11-24-10-2-4-19(24)26;1-22-17-6-5-14(12-16(17)21)28-15-7-9-23-18(13-15)20(27)24-8-3-11-25-10-2-4-19(25)26;/h5-7,9,12-13,21H,2-4,8,10-11H2,1H3,(H,23,27);5-7,9,12-13,22H,2-4,8,10-11,21H2,1H3,(H,24,27);1H4. The lowest BCUT2D eigenvalue weighted by Crippen LogP contribution is -2.30. The molecule has 0 saturated carbocycles. The zero-order valence-corrected chi connectivity index (χ0v) is 32.5. The van der Waals surface area contributed by atoms with Crippen LogP contribution in [0.5, 0.6) is 23.0 Å². The molecule has 2 aliphatic rings. The summed E-state index contributed by atoms with van der Waals surface area (Å²) in [5.41, 5.74) is 8.04. The largest absolute Gasteiger partial charge is 0.457 e. The Bertz CT molecular complexity index is 2100. The molecule has 18 heteroatoms. The van der Waals surface area contributed by atoms with Gasteiger partial charge in [0, 0.05) is 96.8 Å². The molecule has 4 heterocycles. The van der Waals surface area contributed by atoms with E-state index in [1.165, 1.54) is 24.5 Å². The molecular formula is C41H52N10O8. The Morgan fingerprint density at radius 2 is 1.19 bits per heavy atom. The van der Waals surface area contributed by atoms with E-state index in [0.717, 1.165) is 31.6 Å². The summed E-state index contributed by atoms with van der Waals surface area (Å²) in [6, 6.07) is 16.1. The van der Waals surface area contributed by atoms with Gasteiger partial charge in [0.25, 0.3) is 17.5 Å². The topological polar surface area (TPSA) is 236 Å². The van der Waals surface area contributed by atoms with Crippen LogP contribution in [0.25, 0.3) is 0 Å². The summed E-state index contributed by atoms with van der Waals surface area (Å²) in [6.07, 6.45) is 7.38. The molecular weight excluding hydrogens is 761 g/mol. The molecule has 2 aromatic heterocycles. The molecule has 2 aromatic carbocycles. The Labute approximate surface area is 343 Å². The number of anilines is 3. The summed E-state index contributed by atoms with van der Waals surface area (Å²) in [4.78, 5) is 70.3. The first-order valence-corrected chi connectivity index (χ1v) is 19.0. The predicted octanol–water partition coefficient (Wildman–Crippen LogP) is 5.44. The first-order valence-electron chi connectivity index (χ1n) is 19.0. The summed E-state index contributed by atoms with van der Waals surface area (Å²) in [7, 11) is 3.39. The fourth-order valence-corrected chi connectivity index (χ4v) is 6.24. The maximum Gasteiger partial charge on any atom is 0.296 e. The second kappa shape index (κ2) is 22.1. The van der Waals surface area contributed by atoms with Crippen LogP contribution < -0.4 is 36.5 Å². The van der Waals surface area contributed by atoms with Crippen LogP contribution in [-0.2, 0) is 9.59 Å². The second-order valence-electron chi connectivity index (χ2n) is 13.3. The van der Waals surface area contributed by atoms with Crippen LogP contribution >= 0.6 is 0 Å². The zero-order chi connectivity index (χ0) is 41.4. The highest BCUT2D eigenvalue weighted by Gasteiger charge is 2.21. The minimum absolute atomic E-state index is 0. The lowest BCUT2D eigenvalue weighted by molar-refractivity contribution is -0.384. The molecule has 0 spiro atoms. The molecule has 2 aliphatic heterocycles. The normalized spacial score (nSPS) is 13.1. The summed E-state index contributed by atoms with van der Waals surface area (Å²) in [6.45, 7) is 3.79. The summed E-state index contributed by atoms with van der Waals surface area (Å²) in [5.74, 6) is 1.41. The van der Waals surface area contributed by atoms with Crippen molar-refractivity contribution in [2.75, 3.05) is 69.7 Å². The summed E-state index contributed by atoms with van der Waals surface area (Å²) >= 11 is 0. The fraction of sp³-hybridized carbons (Fsp3) is 0.366. The number of hydrogen-bond acceptors (Lipinski definition) is 13. The quantitative estimate of drug-likeness (QED) is 0.0387. The number of carbonyl (C=O) groups is 4. The van der Waals surface area contributed by atoms with Gasteiger partial charge in [-0.2, -0.15) is 0 Å². The highest BCUT2D eigenvalue weighted by molar-refractivity contribution is 5.93. The Morgan fingerprint density at radius 3 is 1.61 bits per heavy atom. The Balaban J connectivity index is 0.000000257. The molecule has 59 heavy (non-hydrogen) atoms. The van der Waals surface area contributed by atoms with Gasteiger partial charge in [0.15, 0.2) is 0 Å². The smallest absolute Gasteiger partial charge is 0.296 e. The minimum atomic E-state index is -0.500. The highest BCUT2D eigenvalue weighted by Crippen LogP contribution is 2.32. The van der Waals surface area contributed by atoms with E-state index >= 15 is 0 Å². The van der Waals surface area contributed by atoms with Crippen molar-refractivity contribution in [3.63, 3.8) is 0 Å². The average molecular weight is 813 g/mol. The van der Waals surface area contributed by atoms with Crippen molar-refractivity contribution >= 4 is 46.4 Å². The lowest BCUT2D eigenvalue weighted by atomic mass is 10.2. The summed E-state index contributed by atoms with van der Waals surface area (Å²) < 4.78 is 11.5. The number of nitrogens with two attached hydrogens (primary N) is 1. The molecule has 314 valence electrons. The Morgan fingerprint density at radius 1 is 0.729 bits per heavy atom. The number of nitrogens with zero attached hydrogens (tertiary/aromatic N) is 5. The number of nitrogen functional groups attached to an aromatic ring is 1. The van der Waals surface area contributed by atoms with Gasteiger partial charge in [-0.3, -0.25) is 39.3 Å². The number of carbonyl (C=O) groups excluding carboxylic acids is 4. The third kappa shape index (κ3) is 13.0. The van der Waals surface area contributed by atoms with Crippen LogP contribution in [-0.4, -0.2) is 102 Å². The molecule has 2 fully saturated rings. The van der Waals surface area contributed by atoms with Gasteiger partial charge in [-0.1, -0.05) is 7.43 Å². The highest BCUT2D eigenvalue weighted by atomic mass is 16.6. The van der Waals surface area contributed by atoms with Crippen molar-refractivity contribution in [3.05, 3.63) is 94.6 Å². The van der Waals surface area contributed by atoms with Gasteiger partial charge in [0.2, 0.25) is 11.8 Å². The number of pyridine rings is 2. The van der Waals surface area contributed by atoms with Crippen LogP contribution in [0.15, 0.2) is 73.1 Å². The van der Waals surface area contributed by atoms with E-state index in [0.29, 0.717) is 80.5 Å². The fourth-order valence-electron chi connectivity index (χ4n) is 6.24.